The molecule has 0 heterocycles. The van der Waals surface area contributed by atoms with Crippen LogP contribution in [-0.2, 0) is 5.41 Å². The third-order valence-electron chi connectivity index (χ3n) is 6.76. The molecule has 4 bridgehead atoms. The lowest BCUT2D eigenvalue weighted by Crippen LogP contribution is -2.59. The molecule has 96 valence electrons. The molecule has 2 unspecified atom stereocenters. The summed E-state index contributed by atoms with van der Waals surface area (Å²) in [7, 11) is 0. The third kappa shape index (κ3) is 1.22. The molecule has 1 aromatic rings. The molecule has 0 radical (unpaired) electrons. The van der Waals surface area contributed by atoms with Gasteiger partial charge in [-0.1, -0.05) is 44.2 Å². The minimum absolute atomic E-state index is 0.489. The molecular formula is C18H24. The van der Waals surface area contributed by atoms with Crippen molar-refractivity contribution >= 4 is 0 Å². The van der Waals surface area contributed by atoms with Crippen molar-refractivity contribution in [3.8, 4) is 0 Å². The highest BCUT2D eigenvalue weighted by Gasteiger charge is 2.61. The zero-order chi connectivity index (χ0) is 12.4. The molecule has 18 heavy (non-hydrogen) atoms. The van der Waals surface area contributed by atoms with Crippen LogP contribution >= 0.6 is 0 Å². The average Bonchev–Trinajstić information content (AvgIpc) is 2.36. The summed E-state index contributed by atoms with van der Waals surface area (Å²) in [6.45, 7) is 5.12. The lowest BCUT2D eigenvalue weighted by atomic mass is 9.38. The Hall–Kier alpha value is -0.780. The van der Waals surface area contributed by atoms with Crippen molar-refractivity contribution in [3.05, 3.63) is 35.9 Å². The molecule has 0 aliphatic heterocycles. The van der Waals surface area contributed by atoms with Crippen LogP contribution in [0.1, 0.15) is 51.5 Å². The quantitative estimate of drug-likeness (QED) is 0.662. The summed E-state index contributed by atoms with van der Waals surface area (Å²) < 4.78 is 0. The van der Waals surface area contributed by atoms with Crippen LogP contribution in [0.4, 0.5) is 0 Å². The molecule has 0 N–H and O–H groups in total. The fourth-order valence-electron chi connectivity index (χ4n) is 5.84. The summed E-state index contributed by atoms with van der Waals surface area (Å²) in [5.41, 5.74) is 2.62. The minimum atomic E-state index is 0.489. The van der Waals surface area contributed by atoms with Gasteiger partial charge in [-0.2, -0.15) is 0 Å². The maximum atomic E-state index is 2.56. The molecule has 1 aromatic carbocycles. The standard InChI is InChI=1S/C18H24/c1-17(2)16-9-13-8-14(10-16)12-18(17,11-13)15-6-4-3-5-7-15/h3-7,13-14,16H,8-12H2,1-2H3. The van der Waals surface area contributed by atoms with Crippen LogP contribution in [0.25, 0.3) is 0 Å². The Labute approximate surface area is 111 Å². The molecule has 0 nitrogen and oxygen atoms in total. The Morgan fingerprint density at radius 2 is 1.50 bits per heavy atom. The smallest absolute Gasteiger partial charge is 0.00120 e. The van der Waals surface area contributed by atoms with Crippen LogP contribution in [0, 0.1) is 23.2 Å². The fraction of sp³-hybridized carbons (Fsp3) is 0.667. The predicted octanol–water partition coefficient (Wildman–Crippen LogP) is 4.79. The molecule has 4 aliphatic carbocycles. The molecular weight excluding hydrogens is 216 g/mol. The molecule has 0 amide bonds. The van der Waals surface area contributed by atoms with Gasteiger partial charge in [-0.3, -0.25) is 0 Å². The summed E-state index contributed by atoms with van der Waals surface area (Å²) >= 11 is 0. The van der Waals surface area contributed by atoms with Crippen molar-refractivity contribution in [1.29, 1.82) is 0 Å². The van der Waals surface area contributed by atoms with Gasteiger partial charge in [0.1, 0.15) is 0 Å². The van der Waals surface area contributed by atoms with Crippen molar-refractivity contribution in [2.75, 3.05) is 0 Å². The van der Waals surface area contributed by atoms with E-state index >= 15 is 0 Å². The summed E-state index contributed by atoms with van der Waals surface area (Å²) in [5, 5.41) is 0. The van der Waals surface area contributed by atoms with E-state index in [0.29, 0.717) is 10.8 Å². The largest absolute Gasteiger partial charge is 0.0622 e. The van der Waals surface area contributed by atoms with Gasteiger partial charge in [-0.05, 0) is 60.8 Å². The summed E-state index contributed by atoms with van der Waals surface area (Å²) in [5.74, 6) is 3.02. The zero-order valence-corrected chi connectivity index (χ0v) is 11.7. The molecule has 4 saturated carbocycles. The van der Waals surface area contributed by atoms with E-state index in [0.717, 1.165) is 17.8 Å². The van der Waals surface area contributed by atoms with E-state index in [1.807, 2.05) is 0 Å². The lowest BCUT2D eigenvalue weighted by molar-refractivity contribution is -0.113. The monoisotopic (exact) mass is 240 g/mol. The maximum absolute atomic E-state index is 2.56. The van der Waals surface area contributed by atoms with Crippen LogP contribution in [0.15, 0.2) is 30.3 Å². The number of hydrogen-bond donors (Lipinski definition) is 0. The topological polar surface area (TPSA) is 0 Å². The second kappa shape index (κ2) is 3.40. The summed E-state index contributed by atoms with van der Waals surface area (Å²) in [6.07, 6.45) is 7.46. The number of rotatable bonds is 1. The first-order valence-electron chi connectivity index (χ1n) is 7.67. The molecule has 4 aliphatic rings. The van der Waals surface area contributed by atoms with Crippen molar-refractivity contribution in [3.63, 3.8) is 0 Å². The van der Waals surface area contributed by atoms with Crippen molar-refractivity contribution in [2.45, 2.75) is 51.4 Å². The maximum Gasteiger partial charge on any atom is 0.00120 e. The van der Waals surface area contributed by atoms with E-state index in [4.69, 9.17) is 0 Å². The molecule has 0 aromatic heterocycles. The van der Waals surface area contributed by atoms with Gasteiger partial charge in [0.25, 0.3) is 0 Å². The van der Waals surface area contributed by atoms with Crippen LogP contribution in [0.2, 0.25) is 0 Å². The van der Waals surface area contributed by atoms with Gasteiger partial charge < -0.3 is 0 Å². The second-order valence-corrected chi connectivity index (χ2v) is 7.71. The summed E-state index contributed by atoms with van der Waals surface area (Å²) in [6, 6.07) is 11.4. The Kier molecular flexibility index (Phi) is 2.10. The molecule has 0 spiro atoms. The molecule has 5 rings (SSSR count). The van der Waals surface area contributed by atoms with Crippen molar-refractivity contribution in [2.24, 2.45) is 23.2 Å². The first-order chi connectivity index (χ1) is 8.62. The minimum Gasteiger partial charge on any atom is -0.0622 e. The molecule has 0 heteroatoms. The van der Waals surface area contributed by atoms with E-state index in [2.05, 4.69) is 44.2 Å². The van der Waals surface area contributed by atoms with Gasteiger partial charge in [0.05, 0.1) is 0 Å². The highest BCUT2D eigenvalue weighted by molar-refractivity contribution is 5.33. The third-order valence-corrected chi connectivity index (χ3v) is 6.76. The Balaban J connectivity index is 1.87. The highest BCUT2D eigenvalue weighted by Crippen LogP contribution is 2.68. The molecule has 0 saturated heterocycles. The first-order valence-corrected chi connectivity index (χ1v) is 7.67. The first kappa shape index (κ1) is 11.1. The van der Waals surface area contributed by atoms with Gasteiger partial charge in [-0.25, -0.2) is 0 Å². The van der Waals surface area contributed by atoms with Gasteiger partial charge in [0.2, 0.25) is 0 Å². The van der Waals surface area contributed by atoms with Gasteiger partial charge in [-0.15, -0.1) is 0 Å². The van der Waals surface area contributed by atoms with Crippen molar-refractivity contribution in [1.82, 2.24) is 0 Å². The van der Waals surface area contributed by atoms with Crippen LogP contribution < -0.4 is 0 Å². The van der Waals surface area contributed by atoms with Crippen LogP contribution in [-0.4, -0.2) is 0 Å². The number of hydrogen-bond acceptors (Lipinski definition) is 0. The van der Waals surface area contributed by atoms with Gasteiger partial charge in [0, 0.05) is 5.41 Å². The fourth-order valence-corrected chi connectivity index (χ4v) is 5.84. The van der Waals surface area contributed by atoms with E-state index in [1.54, 1.807) is 5.56 Å². The highest BCUT2D eigenvalue weighted by atomic mass is 14.7. The second-order valence-electron chi connectivity index (χ2n) is 7.71. The van der Waals surface area contributed by atoms with E-state index in [1.165, 1.54) is 32.1 Å². The Morgan fingerprint density at radius 3 is 2.11 bits per heavy atom. The van der Waals surface area contributed by atoms with E-state index < -0.39 is 0 Å². The Morgan fingerprint density at radius 1 is 0.889 bits per heavy atom. The van der Waals surface area contributed by atoms with Crippen LogP contribution in [0.5, 0.6) is 0 Å². The van der Waals surface area contributed by atoms with Crippen LogP contribution in [0.3, 0.4) is 0 Å². The lowest BCUT2D eigenvalue weighted by Gasteiger charge is -2.66. The number of benzene rings is 1. The van der Waals surface area contributed by atoms with Gasteiger partial charge in [0.15, 0.2) is 0 Å². The molecule has 4 fully saturated rings. The average molecular weight is 240 g/mol. The zero-order valence-electron chi connectivity index (χ0n) is 11.7. The van der Waals surface area contributed by atoms with E-state index in [9.17, 15) is 0 Å². The summed E-state index contributed by atoms with van der Waals surface area (Å²) in [4.78, 5) is 0. The van der Waals surface area contributed by atoms with Gasteiger partial charge >= 0.3 is 0 Å². The SMILES string of the molecule is CC1(C)C2CC3CC(C2)CC1(c1ccccc1)C3. The van der Waals surface area contributed by atoms with E-state index in [-0.39, 0.29) is 0 Å². The normalized spacial score (nSPS) is 44.2. The Bertz CT molecular complexity index is 442. The van der Waals surface area contributed by atoms with Crippen molar-refractivity contribution < 1.29 is 0 Å². The predicted molar refractivity (Wildman–Crippen MR) is 75.5 cm³/mol. The molecule has 2 atom stereocenters.